The number of hydrogen-bond acceptors (Lipinski definition) is 4. The second-order valence-electron chi connectivity index (χ2n) is 8.93. The lowest BCUT2D eigenvalue weighted by Crippen LogP contribution is -2.42. The summed E-state index contributed by atoms with van der Waals surface area (Å²) in [5.41, 5.74) is 2.23. The van der Waals surface area contributed by atoms with Gasteiger partial charge in [-0.2, -0.15) is 5.10 Å². The number of nitrogens with zero attached hydrogens (tertiary/aromatic N) is 3. The molecule has 6 heteroatoms. The van der Waals surface area contributed by atoms with Gasteiger partial charge in [-0.05, 0) is 61.5 Å². The molecule has 0 saturated carbocycles. The molecule has 166 valence electrons. The predicted molar refractivity (Wildman–Crippen MR) is 124 cm³/mol. The molecule has 1 aliphatic carbocycles. The number of carbonyl (C=O) groups is 1. The molecule has 6 nitrogen and oxygen atoms in total. The van der Waals surface area contributed by atoms with Crippen molar-refractivity contribution in [2.75, 3.05) is 19.7 Å². The quantitative estimate of drug-likeness (QED) is 0.619. The number of aryl methyl sites for hydroxylation is 2. The number of benzene rings is 2. The highest BCUT2D eigenvalue weighted by molar-refractivity contribution is 5.88. The number of carbonyl (C=O) groups excluding carboxylic acids is 1. The highest BCUT2D eigenvalue weighted by Crippen LogP contribution is 2.25. The van der Waals surface area contributed by atoms with Crippen molar-refractivity contribution in [2.45, 2.75) is 45.1 Å². The van der Waals surface area contributed by atoms with Gasteiger partial charge in [-0.1, -0.05) is 36.4 Å². The largest absolute Gasteiger partial charge is 0.483 e. The highest BCUT2D eigenvalue weighted by Gasteiger charge is 2.24. The molecule has 32 heavy (non-hydrogen) atoms. The number of ether oxygens (including phenoxy) is 1. The van der Waals surface area contributed by atoms with Crippen molar-refractivity contribution in [1.82, 2.24) is 14.7 Å². The maximum absolute atomic E-state index is 12.7. The summed E-state index contributed by atoms with van der Waals surface area (Å²) >= 11 is 0. The van der Waals surface area contributed by atoms with Gasteiger partial charge in [-0.25, -0.2) is 4.68 Å². The molecule has 2 aliphatic rings. The van der Waals surface area contributed by atoms with Crippen LogP contribution in [0.4, 0.5) is 0 Å². The van der Waals surface area contributed by atoms with Crippen molar-refractivity contribution in [2.24, 2.45) is 5.92 Å². The van der Waals surface area contributed by atoms with E-state index < -0.39 is 0 Å². The van der Waals surface area contributed by atoms with Gasteiger partial charge < -0.3 is 9.64 Å². The van der Waals surface area contributed by atoms with E-state index >= 15 is 0 Å². The fourth-order valence-corrected chi connectivity index (χ4v) is 4.89. The normalized spacial score (nSPS) is 16.7. The van der Waals surface area contributed by atoms with Crippen LogP contribution in [-0.4, -0.2) is 40.3 Å². The van der Waals surface area contributed by atoms with Crippen LogP contribution in [0.3, 0.4) is 0 Å². The minimum Gasteiger partial charge on any atom is -0.483 e. The summed E-state index contributed by atoms with van der Waals surface area (Å²) in [6, 6.07) is 15.7. The first kappa shape index (κ1) is 20.7. The van der Waals surface area contributed by atoms with Gasteiger partial charge in [-0.3, -0.25) is 9.59 Å². The third-order valence-electron chi connectivity index (χ3n) is 6.77. The summed E-state index contributed by atoms with van der Waals surface area (Å²) in [4.78, 5) is 27.1. The smallest absolute Gasteiger partial charge is 0.267 e. The zero-order valence-corrected chi connectivity index (χ0v) is 18.3. The first-order valence-electron chi connectivity index (χ1n) is 11.7. The van der Waals surface area contributed by atoms with Crippen molar-refractivity contribution in [3.05, 3.63) is 70.1 Å². The zero-order valence-electron chi connectivity index (χ0n) is 18.3. The van der Waals surface area contributed by atoms with Crippen LogP contribution in [0.2, 0.25) is 0 Å². The Bertz CT molecular complexity index is 1170. The van der Waals surface area contributed by atoms with E-state index in [2.05, 4.69) is 5.10 Å². The third kappa shape index (κ3) is 4.40. The van der Waals surface area contributed by atoms with Gasteiger partial charge >= 0.3 is 0 Å². The van der Waals surface area contributed by atoms with Crippen molar-refractivity contribution in [3.63, 3.8) is 0 Å². The van der Waals surface area contributed by atoms with E-state index in [-0.39, 0.29) is 18.1 Å². The molecule has 0 atom stereocenters. The standard InChI is InChI=1S/C26H29N3O3/c30-25-16-21-7-2-4-10-23(21)27-29(25)17-19-12-14-28(15-13-19)26(31)18-32-24-11-5-8-20-6-1-3-9-22(20)24/h1,3,5-6,8-9,11,16,19H,2,4,7,10,12-15,17-18H2. The summed E-state index contributed by atoms with van der Waals surface area (Å²) in [5.74, 6) is 1.12. The summed E-state index contributed by atoms with van der Waals surface area (Å²) in [6.45, 7) is 2.08. The summed E-state index contributed by atoms with van der Waals surface area (Å²) in [6.07, 6.45) is 6.00. The van der Waals surface area contributed by atoms with E-state index in [0.29, 0.717) is 25.6 Å². The van der Waals surface area contributed by atoms with Gasteiger partial charge in [0, 0.05) is 31.1 Å². The average Bonchev–Trinajstić information content (AvgIpc) is 2.83. The Morgan fingerprint density at radius 1 is 1.03 bits per heavy atom. The van der Waals surface area contributed by atoms with Gasteiger partial charge in [-0.15, -0.1) is 0 Å². The van der Waals surface area contributed by atoms with E-state index in [1.54, 1.807) is 10.7 Å². The summed E-state index contributed by atoms with van der Waals surface area (Å²) < 4.78 is 7.53. The summed E-state index contributed by atoms with van der Waals surface area (Å²) in [7, 11) is 0. The number of amides is 1. The van der Waals surface area contributed by atoms with Crippen LogP contribution < -0.4 is 10.3 Å². The summed E-state index contributed by atoms with van der Waals surface area (Å²) in [5, 5.41) is 6.77. The molecule has 0 N–H and O–H groups in total. The van der Waals surface area contributed by atoms with Gasteiger partial charge in [0.1, 0.15) is 5.75 Å². The van der Waals surface area contributed by atoms with Crippen LogP contribution in [0, 0.1) is 5.92 Å². The van der Waals surface area contributed by atoms with Crippen LogP contribution in [-0.2, 0) is 24.2 Å². The maximum Gasteiger partial charge on any atom is 0.267 e. The van der Waals surface area contributed by atoms with Crippen LogP contribution in [0.1, 0.15) is 36.9 Å². The second kappa shape index (κ2) is 9.15. The van der Waals surface area contributed by atoms with Gasteiger partial charge in [0.25, 0.3) is 11.5 Å². The fourth-order valence-electron chi connectivity index (χ4n) is 4.89. The number of fused-ring (bicyclic) bond motifs is 2. The molecule has 0 radical (unpaired) electrons. The molecule has 1 aliphatic heterocycles. The molecule has 3 aromatic rings. The maximum atomic E-state index is 12.7. The number of piperidine rings is 1. The van der Waals surface area contributed by atoms with Crippen molar-refractivity contribution >= 4 is 16.7 Å². The minimum atomic E-state index is 0.00708. The lowest BCUT2D eigenvalue weighted by molar-refractivity contribution is -0.134. The van der Waals surface area contributed by atoms with Crippen molar-refractivity contribution < 1.29 is 9.53 Å². The Hall–Kier alpha value is -3.15. The molecule has 1 amide bonds. The molecule has 0 bridgehead atoms. The van der Waals surface area contributed by atoms with Gasteiger partial charge in [0.2, 0.25) is 0 Å². The van der Waals surface area contributed by atoms with E-state index in [0.717, 1.165) is 66.3 Å². The van der Waals surface area contributed by atoms with E-state index in [4.69, 9.17) is 4.74 Å². The van der Waals surface area contributed by atoms with E-state index in [1.165, 1.54) is 0 Å². The lowest BCUT2D eigenvalue weighted by Gasteiger charge is -2.32. The van der Waals surface area contributed by atoms with E-state index in [9.17, 15) is 9.59 Å². The number of rotatable bonds is 5. The Morgan fingerprint density at radius 2 is 1.81 bits per heavy atom. The molecular formula is C26H29N3O3. The van der Waals surface area contributed by atoms with Crippen molar-refractivity contribution in [3.8, 4) is 5.75 Å². The number of aromatic nitrogens is 2. The first-order chi connectivity index (χ1) is 15.7. The molecule has 1 fully saturated rings. The lowest BCUT2D eigenvalue weighted by atomic mass is 9.96. The Kier molecular flexibility index (Phi) is 5.93. The number of likely N-dealkylation sites (tertiary alicyclic amines) is 1. The first-order valence-corrected chi connectivity index (χ1v) is 11.7. The SMILES string of the molecule is O=C(COc1cccc2ccccc12)N1CCC(Cn2nc3c(cc2=O)CCCC3)CC1. The Morgan fingerprint density at radius 3 is 2.69 bits per heavy atom. The van der Waals surface area contributed by atoms with Gasteiger partial charge in [0.15, 0.2) is 6.61 Å². The molecule has 2 aromatic carbocycles. The van der Waals surface area contributed by atoms with Crippen LogP contribution >= 0.6 is 0 Å². The third-order valence-corrected chi connectivity index (χ3v) is 6.77. The molecule has 5 rings (SSSR count). The molecular weight excluding hydrogens is 402 g/mol. The molecule has 0 spiro atoms. The molecule has 2 heterocycles. The van der Waals surface area contributed by atoms with Gasteiger partial charge in [0.05, 0.1) is 5.69 Å². The van der Waals surface area contributed by atoms with Crippen LogP contribution in [0.25, 0.3) is 10.8 Å². The average molecular weight is 432 g/mol. The topological polar surface area (TPSA) is 64.4 Å². The minimum absolute atomic E-state index is 0.00708. The number of hydrogen-bond donors (Lipinski definition) is 0. The van der Waals surface area contributed by atoms with Crippen molar-refractivity contribution in [1.29, 1.82) is 0 Å². The second-order valence-corrected chi connectivity index (χ2v) is 8.93. The van der Waals surface area contributed by atoms with Crippen LogP contribution in [0.5, 0.6) is 5.75 Å². The molecule has 1 saturated heterocycles. The monoisotopic (exact) mass is 431 g/mol. The molecule has 0 unspecified atom stereocenters. The zero-order chi connectivity index (χ0) is 21.9. The van der Waals surface area contributed by atoms with Crippen LogP contribution in [0.15, 0.2) is 53.3 Å². The molecule has 1 aromatic heterocycles. The highest BCUT2D eigenvalue weighted by atomic mass is 16.5. The Balaban J connectivity index is 1.15. The predicted octanol–water partition coefficient (Wildman–Crippen LogP) is 3.59. The fraction of sp³-hybridized carbons (Fsp3) is 0.423. The van der Waals surface area contributed by atoms with E-state index in [1.807, 2.05) is 47.4 Å². The Labute approximate surface area is 187 Å².